The molecule has 0 amide bonds. The van der Waals surface area contributed by atoms with Crippen LogP contribution in [0.15, 0.2) is 54.6 Å². The predicted octanol–water partition coefficient (Wildman–Crippen LogP) is 4.01. The number of nitrogens with two attached hydrogens (primary N) is 2. The molecule has 0 bridgehead atoms. The van der Waals surface area contributed by atoms with Crippen LogP contribution in [0.2, 0.25) is 0 Å². The molecule has 0 saturated heterocycles. The number of hydrogen-bond donors (Lipinski definition) is 4. The topological polar surface area (TPSA) is 92.5 Å². The Bertz CT molecular complexity index is 829. The van der Waals surface area contributed by atoms with Crippen molar-refractivity contribution in [1.29, 1.82) is 0 Å². The molecule has 0 atom stereocenters. The molecule has 0 aliphatic heterocycles. The fourth-order valence-electron chi connectivity index (χ4n) is 3.16. The van der Waals surface area contributed by atoms with Crippen molar-refractivity contribution in [1.82, 2.24) is 0 Å². The molecule has 0 unspecified atom stereocenters. The van der Waals surface area contributed by atoms with Gasteiger partial charge in [0.2, 0.25) is 0 Å². The minimum Gasteiger partial charge on any atom is -0.507 e. The number of rotatable bonds is 5. The zero-order valence-corrected chi connectivity index (χ0v) is 14.9. The van der Waals surface area contributed by atoms with Crippen LogP contribution in [0.4, 0.5) is 11.4 Å². The lowest BCUT2D eigenvalue weighted by Gasteiger charge is -2.16. The Hall–Kier alpha value is -3.14. The van der Waals surface area contributed by atoms with Crippen molar-refractivity contribution in [2.75, 3.05) is 11.5 Å². The molecule has 0 saturated carbocycles. The number of aromatic hydroxyl groups is 2. The standard InChI is InChI=1S/C22H24N2O2/c1-2-20-21(25)16(11-14-3-7-18(23)8-4-14)13-17(22(20)26)12-15-5-9-19(24)10-6-15/h3-10,13,25-26H,2,11-12,23-24H2,1H3. The largest absolute Gasteiger partial charge is 0.507 e. The van der Waals surface area contributed by atoms with Crippen LogP contribution < -0.4 is 11.5 Å². The highest BCUT2D eigenvalue weighted by Gasteiger charge is 2.16. The van der Waals surface area contributed by atoms with Gasteiger partial charge in [0.1, 0.15) is 11.5 Å². The van der Waals surface area contributed by atoms with Gasteiger partial charge in [0.15, 0.2) is 0 Å². The molecule has 3 aromatic carbocycles. The van der Waals surface area contributed by atoms with Crippen molar-refractivity contribution in [3.63, 3.8) is 0 Å². The van der Waals surface area contributed by atoms with Gasteiger partial charge >= 0.3 is 0 Å². The molecule has 3 rings (SSSR count). The normalized spacial score (nSPS) is 10.8. The fraction of sp³-hybridized carbons (Fsp3) is 0.182. The van der Waals surface area contributed by atoms with Crippen molar-refractivity contribution in [2.45, 2.75) is 26.2 Å². The summed E-state index contributed by atoms with van der Waals surface area (Å²) in [4.78, 5) is 0. The van der Waals surface area contributed by atoms with E-state index < -0.39 is 0 Å². The first-order chi connectivity index (χ1) is 12.5. The number of phenols is 2. The van der Waals surface area contributed by atoms with Crippen LogP contribution in [0.1, 0.15) is 34.7 Å². The first-order valence-corrected chi connectivity index (χ1v) is 8.72. The molecule has 0 fully saturated rings. The van der Waals surface area contributed by atoms with Crippen molar-refractivity contribution in [3.05, 3.63) is 82.4 Å². The Labute approximate surface area is 153 Å². The second-order valence-corrected chi connectivity index (χ2v) is 6.56. The van der Waals surface area contributed by atoms with Gasteiger partial charge in [-0.3, -0.25) is 0 Å². The van der Waals surface area contributed by atoms with E-state index in [-0.39, 0.29) is 11.5 Å². The molecule has 0 aromatic heterocycles. The van der Waals surface area contributed by atoms with Gasteiger partial charge in [-0.15, -0.1) is 0 Å². The van der Waals surface area contributed by atoms with E-state index in [0.717, 1.165) is 22.3 Å². The van der Waals surface area contributed by atoms with E-state index in [1.54, 1.807) is 0 Å². The highest BCUT2D eigenvalue weighted by Crippen LogP contribution is 2.37. The second-order valence-electron chi connectivity index (χ2n) is 6.56. The molecule has 4 nitrogen and oxygen atoms in total. The summed E-state index contributed by atoms with van der Waals surface area (Å²) in [6.07, 6.45) is 1.71. The van der Waals surface area contributed by atoms with Crippen LogP contribution in [0.25, 0.3) is 0 Å². The summed E-state index contributed by atoms with van der Waals surface area (Å²) in [6, 6.07) is 17.1. The SMILES string of the molecule is CCc1c(O)c(Cc2ccc(N)cc2)cc(Cc2ccc(N)cc2)c1O. The first-order valence-electron chi connectivity index (χ1n) is 8.72. The van der Waals surface area contributed by atoms with Crippen LogP contribution in [0.5, 0.6) is 11.5 Å². The van der Waals surface area contributed by atoms with Gasteiger partial charge in [0, 0.05) is 29.8 Å². The number of hydrogen-bond acceptors (Lipinski definition) is 4. The maximum Gasteiger partial charge on any atom is 0.125 e. The number of benzene rings is 3. The molecule has 0 aliphatic carbocycles. The monoisotopic (exact) mass is 348 g/mol. The van der Waals surface area contributed by atoms with Gasteiger partial charge in [-0.25, -0.2) is 0 Å². The van der Waals surface area contributed by atoms with Crippen LogP contribution in [0.3, 0.4) is 0 Å². The maximum absolute atomic E-state index is 10.6. The fourth-order valence-corrected chi connectivity index (χ4v) is 3.16. The van der Waals surface area contributed by atoms with E-state index in [4.69, 9.17) is 11.5 Å². The Morgan fingerprint density at radius 1 is 0.692 bits per heavy atom. The summed E-state index contributed by atoms with van der Waals surface area (Å²) in [5.41, 5.74) is 17.2. The first kappa shape index (κ1) is 17.7. The second kappa shape index (κ2) is 7.40. The van der Waals surface area contributed by atoms with Crippen LogP contribution in [-0.4, -0.2) is 10.2 Å². The maximum atomic E-state index is 10.6. The van der Waals surface area contributed by atoms with Gasteiger partial charge in [-0.05, 0) is 59.0 Å². The predicted molar refractivity (Wildman–Crippen MR) is 106 cm³/mol. The zero-order chi connectivity index (χ0) is 18.7. The highest BCUT2D eigenvalue weighted by atomic mass is 16.3. The van der Waals surface area contributed by atoms with Gasteiger partial charge in [0.05, 0.1) is 0 Å². The highest BCUT2D eigenvalue weighted by molar-refractivity contribution is 5.56. The Balaban J connectivity index is 1.98. The minimum absolute atomic E-state index is 0.169. The molecule has 4 heteroatoms. The Kier molecular flexibility index (Phi) is 5.03. The summed E-state index contributed by atoms with van der Waals surface area (Å²) in [5, 5.41) is 21.2. The van der Waals surface area contributed by atoms with E-state index in [2.05, 4.69) is 0 Å². The zero-order valence-electron chi connectivity index (χ0n) is 14.9. The van der Waals surface area contributed by atoms with Crippen molar-refractivity contribution in [2.24, 2.45) is 0 Å². The van der Waals surface area contributed by atoms with E-state index in [9.17, 15) is 10.2 Å². The van der Waals surface area contributed by atoms with Crippen molar-refractivity contribution < 1.29 is 10.2 Å². The number of nitrogen functional groups attached to an aromatic ring is 2. The molecule has 0 aliphatic rings. The molecular weight excluding hydrogens is 324 g/mol. The third-order valence-corrected chi connectivity index (χ3v) is 4.63. The molecule has 0 radical (unpaired) electrons. The quantitative estimate of drug-likeness (QED) is 0.524. The number of anilines is 2. The summed E-state index contributed by atoms with van der Waals surface area (Å²) in [5.74, 6) is 0.339. The Morgan fingerprint density at radius 3 is 1.42 bits per heavy atom. The van der Waals surface area contributed by atoms with Crippen molar-refractivity contribution >= 4 is 11.4 Å². The number of phenolic OH excluding ortho intramolecular Hbond substituents is 2. The van der Waals surface area contributed by atoms with E-state index in [1.807, 2.05) is 61.5 Å². The summed E-state index contributed by atoms with van der Waals surface area (Å²) in [6.45, 7) is 1.93. The van der Waals surface area contributed by atoms with Gasteiger partial charge < -0.3 is 21.7 Å². The smallest absolute Gasteiger partial charge is 0.125 e. The molecule has 6 N–H and O–H groups in total. The van der Waals surface area contributed by atoms with E-state index >= 15 is 0 Å². The molecule has 26 heavy (non-hydrogen) atoms. The average molecular weight is 348 g/mol. The lowest BCUT2D eigenvalue weighted by atomic mass is 9.93. The summed E-state index contributed by atoms with van der Waals surface area (Å²) in [7, 11) is 0. The van der Waals surface area contributed by atoms with Crippen molar-refractivity contribution in [3.8, 4) is 11.5 Å². The molecule has 3 aromatic rings. The third-order valence-electron chi connectivity index (χ3n) is 4.63. The average Bonchev–Trinajstić information content (AvgIpc) is 2.63. The van der Waals surface area contributed by atoms with Gasteiger partial charge in [0.25, 0.3) is 0 Å². The van der Waals surface area contributed by atoms with Gasteiger partial charge in [-0.1, -0.05) is 31.2 Å². The van der Waals surface area contributed by atoms with Crippen LogP contribution in [0, 0.1) is 0 Å². The van der Waals surface area contributed by atoms with Crippen LogP contribution >= 0.6 is 0 Å². The third kappa shape index (κ3) is 3.75. The Morgan fingerprint density at radius 2 is 1.08 bits per heavy atom. The molecule has 0 heterocycles. The lowest BCUT2D eigenvalue weighted by Crippen LogP contribution is -1.99. The summed E-state index contributed by atoms with van der Waals surface area (Å²) >= 11 is 0. The van der Waals surface area contributed by atoms with Crippen LogP contribution in [-0.2, 0) is 19.3 Å². The van der Waals surface area contributed by atoms with E-state index in [1.165, 1.54) is 0 Å². The van der Waals surface area contributed by atoms with Gasteiger partial charge in [-0.2, -0.15) is 0 Å². The molecular formula is C22H24N2O2. The van der Waals surface area contributed by atoms with E-state index in [0.29, 0.717) is 36.2 Å². The minimum atomic E-state index is 0.169. The molecule has 134 valence electrons. The summed E-state index contributed by atoms with van der Waals surface area (Å²) < 4.78 is 0. The molecule has 0 spiro atoms. The lowest BCUT2D eigenvalue weighted by molar-refractivity contribution is 0.432.